The first kappa shape index (κ1) is 9.76. The van der Waals surface area contributed by atoms with Gasteiger partial charge < -0.3 is 0 Å². The zero-order valence-electron chi connectivity index (χ0n) is 8.93. The number of fused-ring (bicyclic) bond motifs is 1. The zero-order valence-corrected chi connectivity index (χ0v) is 8.93. The van der Waals surface area contributed by atoms with Gasteiger partial charge in [-0.15, -0.1) is 0 Å². The van der Waals surface area contributed by atoms with Gasteiger partial charge in [-0.1, -0.05) is 0 Å². The molecule has 78 valence electrons. The van der Waals surface area contributed by atoms with Crippen LogP contribution in [0.5, 0.6) is 0 Å². The van der Waals surface area contributed by atoms with Crippen molar-refractivity contribution in [3.8, 4) is 0 Å². The minimum absolute atomic E-state index is 0.152. The Morgan fingerprint density at radius 3 is 2.47 bits per heavy atom. The molecule has 0 amide bonds. The average molecular weight is 204 g/mol. The van der Waals surface area contributed by atoms with E-state index in [9.17, 15) is 4.79 Å². The molecule has 2 heterocycles. The predicted molar refractivity (Wildman–Crippen MR) is 56.6 cm³/mol. The van der Waals surface area contributed by atoms with Crippen molar-refractivity contribution in [1.82, 2.24) is 19.5 Å². The van der Waals surface area contributed by atoms with Crippen molar-refractivity contribution in [1.29, 1.82) is 0 Å². The van der Waals surface area contributed by atoms with Crippen molar-refractivity contribution >= 4 is 11.2 Å². The van der Waals surface area contributed by atoms with Gasteiger partial charge in [-0.05, 0) is 20.8 Å². The molecule has 5 nitrogen and oxygen atoms in total. The third-order valence-electron chi connectivity index (χ3n) is 2.12. The minimum atomic E-state index is -0.296. The lowest BCUT2D eigenvalue weighted by molar-refractivity contribution is 0.381. The highest BCUT2D eigenvalue weighted by molar-refractivity contribution is 5.66. The van der Waals surface area contributed by atoms with Crippen LogP contribution < -0.4 is 5.56 Å². The number of aromatic nitrogens is 4. The molecule has 15 heavy (non-hydrogen) atoms. The molecule has 0 bridgehead atoms. The first-order valence-electron chi connectivity index (χ1n) is 4.69. The lowest BCUT2D eigenvalue weighted by Gasteiger charge is -2.21. The molecule has 0 unspecified atom stereocenters. The third-order valence-corrected chi connectivity index (χ3v) is 2.12. The van der Waals surface area contributed by atoms with Crippen LogP contribution in [0.1, 0.15) is 20.8 Å². The van der Waals surface area contributed by atoms with Crippen LogP contribution in [0, 0.1) is 0 Å². The molecule has 0 aromatic carbocycles. The Kier molecular flexibility index (Phi) is 2.03. The van der Waals surface area contributed by atoms with Gasteiger partial charge in [0.15, 0.2) is 11.2 Å². The lowest BCUT2D eigenvalue weighted by atomic mass is 10.1. The molecule has 0 radical (unpaired) electrons. The fourth-order valence-corrected chi connectivity index (χ4v) is 1.33. The van der Waals surface area contributed by atoms with Crippen molar-refractivity contribution < 1.29 is 0 Å². The molecule has 0 saturated carbocycles. The smallest absolute Gasteiger partial charge is 0.282 e. The molecule has 0 atom stereocenters. The Labute approximate surface area is 86.8 Å². The SMILES string of the molecule is CC(C)(C)n1cnc2nccnc2c1=O. The summed E-state index contributed by atoms with van der Waals surface area (Å²) in [5, 5.41) is 0. The summed E-state index contributed by atoms with van der Waals surface area (Å²) in [6.07, 6.45) is 4.54. The summed E-state index contributed by atoms with van der Waals surface area (Å²) < 4.78 is 1.56. The van der Waals surface area contributed by atoms with E-state index >= 15 is 0 Å². The van der Waals surface area contributed by atoms with Gasteiger partial charge in [-0.25, -0.2) is 15.0 Å². The predicted octanol–water partition coefficient (Wildman–Crippen LogP) is 0.941. The molecule has 5 heteroatoms. The van der Waals surface area contributed by atoms with Crippen LogP contribution in [0.3, 0.4) is 0 Å². The Bertz CT molecular complexity index is 553. The highest BCUT2D eigenvalue weighted by Gasteiger charge is 2.16. The zero-order chi connectivity index (χ0) is 11.1. The third kappa shape index (κ3) is 1.60. The van der Waals surface area contributed by atoms with Gasteiger partial charge >= 0.3 is 0 Å². The quantitative estimate of drug-likeness (QED) is 0.640. The molecule has 0 N–H and O–H groups in total. The largest absolute Gasteiger partial charge is 0.292 e. The molecule has 2 rings (SSSR count). The van der Waals surface area contributed by atoms with Crippen molar-refractivity contribution in [3.05, 3.63) is 29.1 Å². The van der Waals surface area contributed by atoms with Crippen LogP contribution in [-0.4, -0.2) is 19.5 Å². The number of rotatable bonds is 0. The number of hydrogen-bond acceptors (Lipinski definition) is 4. The van der Waals surface area contributed by atoms with Crippen molar-refractivity contribution in [3.63, 3.8) is 0 Å². The van der Waals surface area contributed by atoms with Gasteiger partial charge in [0, 0.05) is 17.9 Å². The summed E-state index contributed by atoms with van der Waals surface area (Å²) in [6, 6.07) is 0. The van der Waals surface area contributed by atoms with E-state index in [1.54, 1.807) is 4.57 Å². The van der Waals surface area contributed by atoms with E-state index in [0.29, 0.717) is 11.2 Å². The van der Waals surface area contributed by atoms with Crippen LogP contribution in [0.2, 0.25) is 0 Å². The molecular formula is C10H12N4O. The summed E-state index contributed by atoms with van der Waals surface area (Å²) in [7, 11) is 0. The topological polar surface area (TPSA) is 60.7 Å². The maximum atomic E-state index is 12.0. The fraction of sp³-hybridized carbons (Fsp3) is 0.400. The lowest BCUT2D eigenvalue weighted by Crippen LogP contribution is -2.34. The normalized spacial score (nSPS) is 11.9. The second-order valence-electron chi connectivity index (χ2n) is 4.32. The first-order valence-corrected chi connectivity index (χ1v) is 4.69. The molecule has 0 spiro atoms. The summed E-state index contributed by atoms with van der Waals surface area (Å²) in [4.78, 5) is 24.1. The molecule has 2 aromatic rings. The fourth-order valence-electron chi connectivity index (χ4n) is 1.33. The Morgan fingerprint density at radius 2 is 1.80 bits per heavy atom. The molecule has 0 aliphatic carbocycles. The summed E-state index contributed by atoms with van der Waals surface area (Å²) >= 11 is 0. The van der Waals surface area contributed by atoms with Gasteiger partial charge in [0.25, 0.3) is 5.56 Å². The summed E-state index contributed by atoms with van der Waals surface area (Å²) in [5.41, 5.74) is 0.258. The molecule has 0 fully saturated rings. The van der Waals surface area contributed by atoms with E-state index in [1.807, 2.05) is 20.8 Å². The summed E-state index contributed by atoms with van der Waals surface area (Å²) in [5.74, 6) is 0. The van der Waals surface area contributed by atoms with Crippen LogP contribution in [0.4, 0.5) is 0 Å². The van der Waals surface area contributed by atoms with Crippen LogP contribution in [0.25, 0.3) is 11.2 Å². The monoisotopic (exact) mass is 204 g/mol. The van der Waals surface area contributed by atoms with E-state index in [2.05, 4.69) is 15.0 Å². The average Bonchev–Trinajstić information content (AvgIpc) is 2.16. The molecule has 0 aliphatic heterocycles. The summed E-state index contributed by atoms with van der Waals surface area (Å²) in [6.45, 7) is 5.83. The van der Waals surface area contributed by atoms with Gasteiger partial charge in [0.2, 0.25) is 0 Å². The van der Waals surface area contributed by atoms with E-state index in [-0.39, 0.29) is 11.1 Å². The van der Waals surface area contributed by atoms with Gasteiger partial charge in [0.05, 0.1) is 0 Å². The highest BCUT2D eigenvalue weighted by atomic mass is 16.1. The standard InChI is InChI=1S/C10H12N4O/c1-10(2,3)14-6-13-8-7(9(14)15)11-4-5-12-8/h4-6H,1-3H3. The van der Waals surface area contributed by atoms with Gasteiger partial charge in [-0.3, -0.25) is 9.36 Å². The van der Waals surface area contributed by atoms with Gasteiger partial charge in [-0.2, -0.15) is 0 Å². The van der Waals surface area contributed by atoms with Crippen LogP contribution >= 0.6 is 0 Å². The van der Waals surface area contributed by atoms with Crippen molar-refractivity contribution in [2.45, 2.75) is 26.3 Å². The highest BCUT2D eigenvalue weighted by Crippen LogP contribution is 2.10. The number of nitrogens with zero attached hydrogens (tertiary/aromatic N) is 4. The maximum Gasteiger partial charge on any atom is 0.282 e. The van der Waals surface area contributed by atoms with E-state index in [4.69, 9.17) is 0 Å². The van der Waals surface area contributed by atoms with E-state index in [1.165, 1.54) is 18.7 Å². The Hall–Kier alpha value is -1.78. The van der Waals surface area contributed by atoms with Crippen LogP contribution in [-0.2, 0) is 5.54 Å². The van der Waals surface area contributed by atoms with Crippen molar-refractivity contribution in [2.75, 3.05) is 0 Å². The Morgan fingerprint density at radius 1 is 1.13 bits per heavy atom. The second kappa shape index (κ2) is 3.12. The van der Waals surface area contributed by atoms with Gasteiger partial charge in [0.1, 0.15) is 6.33 Å². The van der Waals surface area contributed by atoms with E-state index < -0.39 is 0 Å². The molecule has 2 aromatic heterocycles. The van der Waals surface area contributed by atoms with Crippen LogP contribution in [0.15, 0.2) is 23.5 Å². The molecular weight excluding hydrogens is 192 g/mol. The first-order chi connectivity index (χ1) is 7.00. The minimum Gasteiger partial charge on any atom is -0.292 e. The molecule has 0 aliphatic rings. The maximum absolute atomic E-state index is 12.0. The Balaban J connectivity index is 2.83. The second-order valence-corrected chi connectivity index (χ2v) is 4.32. The molecule has 0 saturated heterocycles. The number of hydrogen-bond donors (Lipinski definition) is 0. The van der Waals surface area contributed by atoms with Crippen molar-refractivity contribution in [2.24, 2.45) is 0 Å². The van der Waals surface area contributed by atoms with E-state index in [0.717, 1.165) is 0 Å².